The summed E-state index contributed by atoms with van der Waals surface area (Å²) in [4.78, 5) is 12.8. The van der Waals surface area contributed by atoms with Gasteiger partial charge in [0.15, 0.2) is 0 Å². The van der Waals surface area contributed by atoms with Crippen molar-refractivity contribution in [1.82, 2.24) is 19.6 Å². The molecule has 2 aromatic heterocycles. The lowest BCUT2D eigenvalue weighted by atomic mass is 10.1. The summed E-state index contributed by atoms with van der Waals surface area (Å²) in [7, 11) is 0. The highest BCUT2D eigenvalue weighted by Gasteiger charge is 2.16. The smallest absolute Gasteiger partial charge is 0.266 e. The third-order valence-electron chi connectivity index (χ3n) is 4.93. The lowest BCUT2D eigenvalue weighted by Crippen LogP contribution is -2.28. The number of para-hydroxylation sites is 1. The Morgan fingerprint density at radius 3 is 2.28 bits per heavy atom. The van der Waals surface area contributed by atoms with Crippen LogP contribution in [0.4, 0.5) is 0 Å². The minimum absolute atomic E-state index is 0.134. The van der Waals surface area contributed by atoms with Gasteiger partial charge in [0.05, 0.1) is 23.6 Å². The van der Waals surface area contributed by atoms with Crippen molar-refractivity contribution in [2.45, 2.75) is 20.4 Å². The summed E-state index contributed by atoms with van der Waals surface area (Å²) in [5.41, 5.74) is 4.54. The molecule has 0 aliphatic rings. The fraction of sp³-hybridized carbons (Fsp3) is 0.130. The van der Waals surface area contributed by atoms with Gasteiger partial charge in [0.25, 0.3) is 5.56 Å². The molecule has 4 aromatic rings. The molecule has 0 saturated heterocycles. The van der Waals surface area contributed by atoms with Gasteiger partial charge in [-0.1, -0.05) is 48.5 Å². The third kappa shape index (κ3) is 3.46. The van der Waals surface area contributed by atoms with Crippen molar-refractivity contribution in [3.8, 4) is 23.0 Å². The number of aromatic nitrogens is 4. The van der Waals surface area contributed by atoms with Crippen LogP contribution in [0.1, 0.15) is 22.4 Å². The van der Waals surface area contributed by atoms with Crippen molar-refractivity contribution in [1.29, 1.82) is 5.26 Å². The van der Waals surface area contributed by atoms with E-state index in [4.69, 9.17) is 5.10 Å². The molecule has 0 aliphatic heterocycles. The maximum atomic E-state index is 12.8. The Bertz CT molecular complexity index is 1260. The fourth-order valence-electron chi connectivity index (χ4n) is 3.25. The predicted octanol–water partition coefficient (Wildman–Crippen LogP) is 3.63. The molecule has 142 valence electrons. The second-order valence-electron chi connectivity index (χ2n) is 6.81. The fourth-order valence-corrected chi connectivity index (χ4v) is 3.25. The van der Waals surface area contributed by atoms with Crippen LogP contribution in [0, 0.1) is 25.2 Å². The van der Waals surface area contributed by atoms with E-state index in [-0.39, 0.29) is 17.7 Å². The zero-order valence-corrected chi connectivity index (χ0v) is 16.2. The molecule has 6 heteroatoms. The largest absolute Gasteiger partial charge is 0.285 e. The summed E-state index contributed by atoms with van der Waals surface area (Å²) in [5.74, 6) is 0. The standard InChI is InChI=1S/C23H19N5O/c1-16-17(2)25-28(23(29)21(16)13-24)15-19-14-27(20-11-7-4-8-12-20)26-22(19)18-9-5-3-6-10-18/h3-12,14H,15H2,1-2H3. The second kappa shape index (κ2) is 7.56. The van der Waals surface area contributed by atoms with Crippen LogP contribution in [0.2, 0.25) is 0 Å². The van der Waals surface area contributed by atoms with Crippen LogP contribution in [0.5, 0.6) is 0 Å². The molecule has 6 nitrogen and oxygen atoms in total. The van der Waals surface area contributed by atoms with Crippen LogP contribution in [0.15, 0.2) is 71.7 Å². The Morgan fingerprint density at radius 1 is 0.966 bits per heavy atom. The van der Waals surface area contributed by atoms with Crippen LogP contribution in [0.25, 0.3) is 16.9 Å². The SMILES string of the molecule is Cc1nn(Cc2cn(-c3ccccc3)nc2-c2ccccc2)c(=O)c(C#N)c1C. The Morgan fingerprint density at radius 2 is 1.62 bits per heavy atom. The van der Waals surface area contributed by atoms with Crippen molar-refractivity contribution >= 4 is 0 Å². The molecule has 0 bridgehead atoms. The minimum atomic E-state index is -0.387. The molecule has 2 aromatic carbocycles. The molecular weight excluding hydrogens is 362 g/mol. The average molecular weight is 381 g/mol. The average Bonchev–Trinajstić information content (AvgIpc) is 3.17. The number of nitriles is 1. The lowest BCUT2D eigenvalue weighted by Gasteiger charge is -2.09. The zero-order valence-electron chi connectivity index (χ0n) is 16.2. The molecule has 0 aliphatic carbocycles. The maximum absolute atomic E-state index is 12.8. The van der Waals surface area contributed by atoms with Crippen LogP contribution in [0.3, 0.4) is 0 Å². The Balaban J connectivity index is 1.86. The van der Waals surface area contributed by atoms with E-state index in [1.807, 2.05) is 72.9 Å². The molecule has 0 spiro atoms. The summed E-state index contributed by atoms with van der Waals surface area (Å²) in [6.45, 7) is 3.78. The van der Waals surface area contributed by atoms with Gasteiger partial charge in [0.2, 0.25) is 0 Å². The molecule has 0 unspecified atom stereocenters. The predicted molar refractivity (Wildman–Crippen MR) is 111 cm³/mol. The summed E-state index contributed by atoms with van der Waals surface area (Å²) in [6.07, 6.45) is 1.91. The lowest BCUT2D eigenvalue weighted by molar-refractivity contribution is 0.623. The van der Waals surface area contributed by atoms with Gasteiger partial charge >= 0.3 is 0 Å². The van der Waals surface area contributed by atoms with Crippen LogP contribution in [-0.4, -0.2) is 19.6 Å². The number of aryl methyl sites for hydroxylation is 1. The number of rotatable bonds is 4. The first-order valence-corrected chi connectivity index (χ1v) is 9.26. The van der Waals surface area contributed by atoms with Gasteiger partial charge in [-0.25, -0.2) is 9.36 Å². The van der Waals surface area contributed by atoms with E-state index in [0.29, 0.717) is 11.3 Å². The monoisotopic (exact) mass is 381 g/mol. The highest BCUT2D eigenvalue weighted by Crippen LogP contribution is 2.24. The molecule has 0 N–H and O–H groups in total. The van der Waals surface area contributed by atoms with E-state index < -0.39 is 0 Å². The minimum Gasteiger partial charge on any atom is -0.266 e. The maximum Gasteiger partial charge on any atom is 0.285 e. The number of hydrogen-bond donors (Lipinski definition) is 0. The van der Waals surface area contributed by atoms with E-state index in [0.717, 1.165) is 22.5 Å². The molecule has 0 saturated carbocycles. The molecule has 0 amide bonds. The van der Waals surface area contributed by atoms with Crippen molar-refractivity contribution < 1.29 is 0 Å². The molecule has 29 heavy (non-hydrogen) atoms. The van der Waals surface area contributed by atoms with Gasteiger partial charge in [-0.15, -0.1) is 0 Å². The first-order valence-electron chi connectivity index (χ1n) is 9.26. The highest BCUT2D eigenvalue weighted by molar-refractivity contribution is 5.63. The molecule has 0 atom stereocenters. The van der Waals surface area contributed by atoms with E-state index in [2.05, 4.69) is 5.10 Å². The first-order chi connectivity index (χ1) is 14.1. The van der Waals surface area contributed by atoms with E-state index in [9.17, 15) is 10.1 Å². The van der Waals surface area contributed by atoms with Gasteiger partial charge in [0.1, 0.15) is 11.6 Å². The Hall–Kier alpha value is -3.98. The quantitative estimate of drug-likeness (QED) is 0.541. The highest BCUT2D eigenvalue weighted by atomic mass is 16.1. The third-order valence-corrected chi connectivity index (χ3v) is 4.93. The Kier molecular flexibility index (Phi) is 4.80. The van der Waals surface area contributed by atoms with Crippen LogP contribution < -0.4 is 5.56 Å². The Labute approximate surface area is 168 Å². The normalized spacial score (nSPS) is 10.7. The molecular formula is C23H19N5O. The van der Waals surface area contributed by atoms with Gasteiger partial charge < -0.3 is 0 Å². The van der Waals surface area contributed by atoms with Gasteiger partial charge in [0, 0.05) is 17.3 Å². The van der Waals surface area contributed by atoms with Gasteiger partial charge in [-0.2, -0.15) is 15.5 Å². The second-order valence-corrected chi connectivity index (χ2v) is 6.81. The van der Waals surface area contributed by atoms with Crippen molar-refractivity contribution in [2.24, 2.45) is 0 Å². The van der Waals surface area contributed by atoms with Crippen LogP contribution >= 0.6 is 0 Å². The molecule has 0 fully saturated rings. The molecule has 0 radical (unpaired) electrons. The van der Waals surface area contributed by atoms with Gasteiger partial charge in [-0.3, -0.25) is 4.79 Å². The van der Waals surface area contributed by atoms with Crippen molar-refractivity contribution in [3.63, 3.8) is 0 Å². The zero-order chi connectivity index (χ0) is 20.4. The topological polar surface area (TPSA) is 76.5 Å². The van der Waals surface area contributed by atoms with Gasteiger partial charge in [-0.05, 0) is 31.5 Å². The number of nitrogens with zero attached hydrogens (tertiary/aromatic N) is 5. The summed E-state index contributed by atoms with van der Waals surface area (Å²) < 4.78 is 3.15. The number of benzene rings is 2. The molecule has 2 heterocycles. The first kappa shape index (κ1) is 18.4. The van der Waals surface area contributed by atoms with Crippen molar-refractivity contribution in [3.05, 3.63) is 99.6 Å². The van der Waals surface area contributed by atoms with Crippen LogP contribution in [-0.2, 0) is 6.54 Å². The summed E-state index contributed by atoms with van der Waals surface area (Å²) in [6, 6.07) is 21.6. The van der Waals surface area contributed by atoms with E-state index in [1.165, 1.54) is 4.68 Å². The molecule has 4 rings (SSSR count). The number of hydrogen-bond acceptors (Lipinski definition) is 4. The van der Waals surface area contributed by atoms with E-state index >= 15 is 0 Å². The summed E-state index contributed by atoms with van der Waals surface area (Å²) in [5, 5.41) is 18.6. The summed E-state index contributed by atoms with van der Waals surface area (Å²) >= 11 is 0. The van der Waals surface area contributed by atoms with E-state index in [1.54, 1.807) is 18.5 Å². The van der Waals surface area contributed by atoms with Crippen molar-refractivity contribution in [2.75, 3.05) is 0 Å².